The molecular weight excluding hydrogens is 346 g/mol. The molecule has 0 aliphatic heterocycles. The fourth-order valence-corrected chi connectivity index (χ4v) is 2.66. The zero-order valence-electron chi connectivity index (χ0n) is 17.6. The third kappa shape index (κ3) is 9.42. The van der Waals surface area contributed by atoms with E-state index in [1.165, 1.54) is 0 Å². The van der Waals surface area contributed by atoms with Crippen LogP contribution in [0, 0.1) is 17.8 Å². The van der Waals surface area contributed by atoms with Gasteiger partial charge < -0.3 is 14.0 Å². The second-order valence-corrected chi connectivity index (χ2v) is 6.28. The van der Waals surface area contributed by atoms with Crippen LogP contribution in [0.25, 0.3) is 0 Å². The molecule has 0 N–H and O–H groups in total. The second-order valence-electron chi connectivity index (χ2n) is 6.28. The first kappa shape index (κ1) is 27.7. The fraction of sp³-hybridized carbons (Fsp3) is 0.833. The number of carbonyl (C=O) groups is 3. The van der Waals surface area contributed by atoms with Gasteiger partial charge in [0.15, 0.2) is 0 Å². The van der Waals surface area contributed by atoms with Crippen molar-refractivity contribution in [2.45, 2.75) is 80.1 Å². The molecule has 0 spiro atoms. The van der Waals surface area contributed by atoms with Gasteiger partial charge in [0.25, 0.3) is 17.9 Å². The standard InChI is InChI=1S/C18H34BO6.Na/c1-7-13(8-2)16(20)23-19(24-17(21)14(9-3)10-4)25-18(22)15(11-5)12-6;/h13-15,19H,7-12H2,1-6H3;/q-1;+1. The summed E-state index contributed by atoms with van der Waals surface area (Å²) in [5, 5.41) is 0. The summed E-state index contributed by atoms with van der Waals surface area (Å²) in [4.78, 5) is 36.6. The van der Waals surface area contributed by atoms with E-state index in [4.69, 9.17) is 14.0 Å². The maximum Gasteiger partial charge on any atom is 1.00 e. The van der Waals surface area contributed by atoms with E-state index in [1.54, 1.807) is 0 Å². The van der Waals surface area contributed by atoms with Gasteiger partial charge in [-0.15, -0.1) is 0 Å². The van der Waals surface area contributed by atoms with E-state index in [-0.39, 0.29) is 47.3 Å². The Hall–Kier alpha value is -0.525. The van der Waals surface area contributed by atoms with Gasteiger partial charge in [-0.2, -0.15) is 0 Å². The second kappa shape index (κ2) is 15.5. The van der Waals surface area contributed by atoms with Crippen LogP contribution < -0.4 is 29.6 Å². The SMILES string of the molecule is CCC(CC)C(=O)O[BH-](OC(=O)C(CC)CC)OC(=O)C(CC)CC.[Na+]. The third-order valence-electron chi connectivity index (χ3n) is 4.74. The van der Waals surface area contributed by atoms with Gasteiger partial charge in [0.1, 0.15) is 0 Å². The molecule has 0 atom stereocenters. The molecule has 0 heterocycles. The van der Waals surface area contributed by atoms with E-state index in [1.807, 2.05) is 41.5 Å². The largest absolute Gasteiger partial charge is 1.00 e. The molecule has 0 aliphatic carbocycles. The van der Waals surface area contributed by atoms with Gasteiger partial charge in [0.05, 0.1) is 17.8 Å². The summed E-state index contributed by atoms with van der Waals surface area (Å²) in [5.41, 5.74) is 0. The molecule has 8 heteroatoms. The van der Waals surface area contributed by atoms with Gasteiger partial charge in [-0.05, 0) is 38.5 Å². The molecule has 0 aromatic carbocycles. The zero-order valence-corrected chi connectivity index (χ0v) is 19.6. The Labute approximate surface area is 180 Å². The molecule has 0 amide bonds. The monoisotopic (exact) mass is 380 g/mol. The van der Waals surface area contributed by atoms with E-state index in [0.717, 1.165) is 0 Å². The number of hydrogen-bond acceptors (Lipinski definition) is 6. The predicted octanol–water partition coefficient (Wildman–Crippen LogP) is 0.646. The molecule has 0 rings (SSSR count). The van der Waals surface area contributed by atoms with Crippen molar-refractivity contribution in [2.75, 3.05) is 0 Å². The van der Waals surface area contributed by atoms with Gasteiger partial charge in [-0.25, -0.2) is 0 Å². The van der Waals surface area contributed by atoms with Crippen LogP contribution in [0.15, 0.2) is 0 Å². The third-order valence-corrected chi connectivity index (χ3v) is 4.74. The van der Waals surface area contributed by atoms with Crippen LogP contribution >= 0.6 is 0 Å². The molecule has 0 saturated heterocycles. The maximum absolute atomic E-state index is 12.2. The Bertz CT molecular complexity index is 358. The Morgan fingerprint density at radius 2 is 0.769 bits per heavy atom. The molecule has 26 heavy (non-hydrogen) atoms. The zero-order chi connectivity index (χ0) is 19.4. The van der Waals surface area contributed by atoms with Crippen molar-refractivity contribution in [3.63, 3.8) is 0 Å². The summed E-state index contributed by atoms with van der Waals surface area (Å²) in [6.07, 6.45) is 3.68. The smallest absolute Gasteiger partial charge is 0.625 e. The van der Waals surface area contributed by atoms with Gasteiger partial charge in [-0.3, -0.25) is 14.4 Å². The minimum atomic E-state index is -2.57. The minimum Gasteiger partial charge on any atom is -0.625 e. The summed E-state index contributed by atoms with van der Waals surface area (Å²) in [6.45, 7) is 11.3. The molecule has 6 nitrogen and oxygen atoms in total. The molecule has 0 aliphatic rings. The molecule has 0 radical (unpaired) electrons. The van der Waals surface area contributed by atoms with Crippen molar-refractivity contribution in [2.24, 2.45) is 17.8 Å². The number of rotatable bonds is 12. The van der Waals surface area contributed by atoms with E-state index in [2.05, 4.69) is 0 Å². The molecule has 146 valence electrons. The summed E-state index contributed by atoms with van der Waals surface area (Å²) in [5.74, 6) is -2.35. The maximum atomic E-state index is 12.2. The molecule has 0 saturated carbocycles. The van der Waals surface area contributed by atoms with Crippen LogP contribution in [0.1, 0.15) is 80.1 Å². The average Bonchev–Trinajstić information content (AvgIpc) is 2.57. The van der Waals surface area contributed by atoms with Crippen molar-refractivity contribution >= 4 is 25.2 Å². The van der Waals surface area contributed by atoms with Gasteiger partial charge in [-0.1, -0.05) is 41.5 Å². The van der Waals surface area contributed by atoms with Crippen LogP contribution in [-0.4, -0.2) is 25.2 Å². The normalized spacial score (nSPS) is 10.8. The van der Waals surface area contributed by atoms with Crippen molar-refractivity contribution in [1.29, 1.82) is 0 Å². The van der Waals surface area contributed by atoms with Gasteiger partial charge in [0.2, 0.25) is 0 Å². The van der Waals surface area contributed by atoms with Crippen molar-refractivity contribution in [3.05, 3.63) is 0 Å². The number of hydrogen-bond donors (Lipinski definition) is 0. The topological polar surface area (TPSA) is 78.9 Å². The first-order valence-corrected chi connectivity index (χ1v) is 9.65. The predicted molar refractivity (Wildman–Crippen MR) is 97.6 cm³/mol. The van der Waals surface area contributed by atoms with Crippen LogP contribution in [0.4, 0.5) is 0 Å². The summed E-state index contributed by atoms with van der Waals surface area (Å²) in [6, 6.07) is 0. The fourth-order valence-electron chi connectivity index (χ4n) is 2.66. The van der Waals surface area contributed by atoms with E-state index in [0.29, 0.717) is 38.5 Å². The summed E-state index contributed by atoms with van der Waals surface area (Å²) >= 11 is 0. The van der Waals surface area contributed by atoms with Gasteiger partial charge >= 0.3 is 36.9 Å². The molecule has 0 fully saturated rings. The quantitative estimate of drug-likeness (QED) is 0.463. The Kier molecular flexibility index (Phi) is 16.5. The van der Waals surface area contributed by atoms with Crippen LogP contribution in [0.3, 0.4) is 0 Å². The van der Waals surface area contributed by atoms with Gasteiger partial charge in [0, 0.05) is 0 Å². The Morgan fingerprint density at radius 1 is 0.577 bits per heavy atom. The molecule has 0 aromatic heterocycles. The molecule has 0 aromatic rings. The Morgan fingerprint density at radius 3 is 0.923 bits per heavy atom. The summed E-state index contributed by atoms with van der Waals surface area (Å²) < 4.78 is 15.8. The average molecular weight is 380 g/mol. The first-order chi connectivity index (χ1) is 11.9. The van der Waals surface area contributed by atoms with E-state index >= 15 is 0 Å². The van der Waals surface area contributed by atoms with E-state index < -0.39 is 25.2 Å². The molecular formula is C18H34BNaO6. The Balaban J connectivity index is 0. The minimum absolute atomic E-state index is 0. The number of carbonyl (C=O) groups excluding carboxylic acids is 3. The summed E-state index contributed by atoms with van der Waals surface area (Å²) in [7, 11) is -2.57. The van der Waals surface area contributed by atoms with Crippen LogP contribution in [0.2, 0.25) is 0 Å². The molecule has 0 bridgehead atoms. The first-order valence-electron chi connectivity index (χ1n) is 9.65. The van der Waals surface area contributed by atoms with Crippen LogP contribution in [-0.2, 0) is 28.3 Å². The van der Waals surface area contributed by atoms with Crippen molar-refractivity contribution in [1.82, 2.24) is 0 Å². The van der Waals surface area contributed by atoms with Crippen LogP contribution in [0.5, 0.6) is 0 Å². The van der Waals surface area contributed by atoms with Crippen molar-refractivity contribution in [3.8, 4) is 0 Å². The van der Waals surface area contributed by atoms with E-state index in [9.17, 15) is 14.4 Å². The molecule has 0 unspecified atom stereocenters. The van der Waals surface area contributed by atoms with Crippen molar-refractivity contribution < 1.29 is 57.9 Å².